The maximum Gasteiger partial charge on any atom is 2.00 e. The van der Waals surface area contributed by atoms with Crippen molar-refractivity contribution in [2.24, 2.45) is 0 Å². The van der Waals surface area contributed by atoms with Crippen LogP contribution in [0.15, 0.2) is 411 Å². The number of hydrogen-bond donors (Lipinski definition) is 0. The molecule has 21 heteroatoms. The molecule has 0 aliphatic rings. The normalized spacial score (nSPS) is 11.3. The van der Waals surface area contributed by atoms with Gasteiger partial charge in [0, 0.05) is 69.6 Å². The molecular formula is C116H73B2N15Pt3S. The molecule has 654 valence electrons. The molecule has 0 aliphatic heterocycles. The molecule has 0 saturated heterocycles. The van der Waals surface area contributed by atoms with E-state index in [4.69, 9.17) is 34.9 Å². The Morgan fingerprint density at radius 1 is 0.314 bits per heavy atom. The molecule has 0 atom stereocenters. The van der Waals surface area contributed by atoms with Crippen molar-refractivity contribution in [3.05, 3.63) is 449 Å². The number of fused-ring (bicyclic) bond motifs is 18. The van der Waals surface area contributed by atoms with Crippen LogP contribution in [0, 0.1) is 47.7 Å². The van der Waals surface area contributed by atoms with Crippen LogP contribution in [0.4, 0.5) is 0 Å². The number of hydrogen-bond acceptors (Lipinski definition) is 10. The van der Waals surface area contributed by atoms with Crippen molar-refractivity contribution < 1.29 is 63.2 Å². The number of benzene rings is 12. The minimum Gasteiger partial charge on any atom is -0.380 e. The predicted octanol–water partition coefficient (Wildman–Crippen LogP) is 21.8. The first-order chi connectivity index (χ1) is 66.3. The maximum absolute atomic E-state index is 10.6. The monoisotopic (exact) mass is 2310 g/mol. The SMILES string of the molecule is CC(C)c1ccc(-n2c3[c-]c(Sc4cccc(-n5c6[c-]cccc6c6ccccc65)n4)cnc3c3ccccc32)nc1.N#Cc1cc2c3ccccc3n(-c3ccccn3)c2[c-]c1B(c1ccccc1)c1cccc(-n2c3[c-]cccc3c3ccccc32)n1.[Pt+2].[Pt+2].[Pt+2].[c-]1c(B(c2ccccc2)c2cccc(-n3c4[c-]cccc4c4ccccc43)n2)ccc2c3ccncc3n(-c3ccccn3)c12. The molecule has 0 bridgehead atoms. The second-order valence-corrected chi connectivity index (χ2v) is 34.4. The summed E-state index contributed by atoms with van der Waals surface area (Å²) in [5.41, 5.74) is 20.5. The van der Waals surface area contributed by atoms with E-state index in [9.17, 15) is 5.26 Å². The Labute approximate surface area is 836 Å². The first kappa shape index (κ1) is 88.3. The molecule has 0 fully saturated rings. The van der Waals surface area contributed by atoms with Crippen molar-refractivity contribution in [1.82, 2.24) is 67.3 Å². The van der Waals surface area contributed by atoms with E-state index in [0.29, 0.717) is 11.5 Å². The topological polar surface area (TPSA) is 156 Å². The Kier molecular flexibility index (Phi) is 24.4. The third-order valence-corrected chi connectivity index (χ3v) is 26.1. The molecule has 0 N–H and O–H groups in total. The molecule has 0 spiro atoms. The van der Waals surface area contributed by atoms with Crippen LogP contribution in [-0.4, -0.2) is 80.7 Å². The maximum atomic E-state index is 10.6. The first-order valence-electron chi connectivity index (χ1n) is 44.5. The van der Waals surface area contributed by atoms with Crippen LogP contribution in [0.2, 0.25) is 0 Å². The molecular weight excluding hydrogens is 2240 g/mol. The first-order valence-corrected chi connectivity index (χ1v) is 45.3. The van der Waals surface area contributed by atoms with Gasteiger partial charge in [-0.3, -0.25) is 4.98 Å². The summed E-state index contributed by atoms with van der Waals surface area (Å²) in [6.07, 6.45) is 11.2. The van der Waals surface area contributed by atoms with Gasteiger partial charge in [0.05, 0.1) is 11.7 Å². The quantitative estimate of drug-likeness (QED) is 0.0715. The molecule has 137 heavy (non-hydrogen) atoms. The summed E-state index contributed by atoms with van der Waals surface area (Å²) < 4.78 is 13.0. The second-order valence-electron chi connectivity index (χ2n) is 33.3. The zero-order valence-corrected chi connectivity index (χ0v) is 81.0. The van der Waals surface area contributed by atoms with Crippen LogP contribution in [0.5, 0.6) is 0 Å². The Bertz CT molecular complexity index is 8940. The average Bonchev–Trinajstić information content (AvgIpc) is 1.60. The van der Waals surface area contributed by atoms with E-state index in [-0.39, 0.29) is 76.6 Å². The predicted molar refractivity (Wildman–Crippen MR) is 545 cm³/mol. The van der Waals surface area contributed by atoms with Crippen molar-refractivity contribution in [2.75, 3.05) is 0 Å². The largest absolute Gasteiger partial charge is 2.00 e. The Morgan fingerprint density at radius 3 is 1.27 bits per heavy atom. The summed E-state index contributed by atoms with van der Waals surface area (Å²) in [6, 6.07) is 148. The fourth-order valence-corrected chi connectivity index (χ4v) is 20.0. The second kappa shape index (κ2) is 37.9. The average molecular weight is 2320 g/mol. The zero-order chi connectivity index (χ0) is 89.3. The van der Waals surface area contributed by atoms with Gasteiger partial charge in [0.15, 0.2) is 0 Å². The van der Waals surface area contributed by atoms with Crippen LogP contribution in [0.1, 0.15) is 30.9 Å². The summed E-state index contributed by atoms with van der Waals surface area (Å²) in [6.45, 7) is 3.85. The van der Waals surface area contributed by atoms with E-state index in [2.05, 4.69) is 307 Å². The van der Waals surface area contributed by atoms with Crippen LogP contribution >= 0.6 is 11.8 Å². The van der Waals surface area contributed by atoms with Crippen LogP contribution in [0.25, 0.3) is 166 Å². The van der Waals surface area contributed by atoms with Gasteiger partial charge in [-0.25, -0.2) is 35.2 Å². The summed E-state index contributed by atoms with van der Waals surface area (Å²) in [4.78, 5) is 40.3. The van der Waals surface area contributed by atoms with E-state index >= 15 is 0 Å². The van der Waals surface area contributed by atoms with Gasteiger partial charge < -0.3 is 32.4 Å². The van der Waals surface area contributed by atoms with Gasteiger partial charge in [0.1, 0.15) is 39.9 Å². The molecule has 14 aromatic heterocycles. The zero-order valence-electron chi connectivity index (χ0n) is 73.4. The van der Waals surface area contributed by atoms with Gasteiger partial charge in [0.25, 0.3) is 0 Å². The van der Waals surface area contributed by atoms with Gasteiger partial charge in [-0.05, 0) is 158 Å². The van der Waals surface area contributed by atoms with Crippen LogP contribution in [0.3, 0.4) is 0 Å². The van der Waals surface area contributed by atoms with Gasteiger partial charge in [-0.15, -0.1) is 39.1 Å². The van der Waals surface area contributed by atoms with Crippen molar-refractivity contribution in [3.8, 4) is 41.0 Å². The Hall–Kier alpha value is -15.3. The molecule has 15 nitrogen and oxygen atoms in total. The molecule has 26 aromatic rings. The number of nitrogens with zero attached hydrogens (tertiary/aromatic N) is 15. The molecule has 14 heterocycles. The van der Waals surface area contributed by atoms with Gasteiger partial charge in [-0.1, -0.05) is 269 Å². The van der Waals surface area contributed by atoms with E-state index < -0.39 is 0 Å². The minimum atomic E-state index is -0.359. The number of aromatic nitrogens is 14. The van der Waals surface area contributed by atoms with E-state index in [1.54, 1.807) is 18.0 Å². The summed E-state index contributed by atoms with van der Waals surface area (Å²) in [5.74, 6) is 5.41. The van der Waals surface area contributed by atoms with Gasteiger partial charge in [-0.2, -0.15) is 108 Å². The van der Waals surface area contributed by atoms with Crippen molar-refractivity contribution in [2.45, 2.75) is 29.7 Å². The Balaban J connectivity index is 0.000000122. The third kappa shape index (κ3) is 15.8. The van der Waals surface area contributed by atoms with Crippen molar-refractivity contribution >= 4 is 189 Å². The van der Waals surface area contributed by atoms with Gasteiger partial charge in [0.2, 0.25) is 13.4 Å². The summed E-state index contributed by atoms with van der Waals surface area (Å²) in [5, 5.41) is 23.8. The van der Waals surface area contributed by atoms with E-state index in [0.717, 1.165) is 193 Å². The van der Waals surface area contributed by atoms with Gasteiger partial charge >= 0.3 is 63.2 Å². The minimum absolute atomic E-state index is 0. The smallest absolute Gasteiger partial charge is 0.380 e. The summed E-state index contributed by atoms with van der Waals surface area (Å²) in [7, 11) is 0. The van der Waals surface area contributed by atoms with E-state index in [1.165, 1.54) is 21.7 Å². The number of pyridine rings is 8. The number of rotatable bonds is 15. The van der Waals surface area contributed by atoms with Crippen LogP contribution in [-0.2, 0) is 63.2 Å². The number of nitriles is 1. The molecule has 0 radical (unpaired) electrons. The standard InChI is InChI=1S/C41H24BN5.C39H24BN5.C36H25N5S.3Pt/c43-27-28-25-33-32-17-6-9-20-37(32)47(40-22-10-11-24-44-40)38(33)26-34(28)42(29-13-2-1-3-14-29)39-21-12-23-41(45-39)46-35-18-7-4-15-30(35)31-16-5-8-19-36(31)46;1-2-11-27(12-3-1)40(28-20-21-31-32-22-24-41-26-36(32)45(35(31)25-28)38-18-8-9-23-42-38)37-17-10-19-39(43-37)44-33-15-6-4-13-29(33)30-14-5-7-16-34(30)44;1-23(2)24-18-19-33(37-21-24)41-31-15-8-5-12-28(31)36-32(41)20-25(22-38-36)42-35-17-9-16-34(39-35)40-29-13-6-3-10-26(29)27-11-4-7-14-30(27)40;;;/h1-18,20-25H;1-15,17-24,26H;3-13,15-19,21-23H,1-2H3;;;/q3*-2;3*+2. The molecule has 0 aliphatic carbocycles. The molecule has 0 saturated carbocycles. The number of para-hydroxylation sites is 8. The molecule has 26 rings (SSSR count). The van der Waals surface area contributed by atoms with Crippen molar-refractivity contribution in [1.29, 1.82) is 5.26 Å². The Morgan fingerprint density at radius 2 is 0.745 bits per heavy atom. The fourth-order valence-electron chi connectivity index (χ4n) is 19.3. The molecule has 0 amide bonds. The molecule has 0 unspecified atom stereocenters. The van der Waals surface area contributed by atoms with Crippen molar-refractivity contribution in [3.63, 3.8) is 0 Å². The van der Waals surface area contributed by atoms with Crippen LogP contribution < -0.4 is 33.0 Å². The summed E-state index contributed by atoms with van der Waals surface area (Å²) >= 11 is 1.56. The third-order valence-electron chi connectivity index (χ3n) is 25.3. The molecule has 12 aromatic carbocycles. The fraction of sp³-hybridized carbons (Fsp3) is 0.0259. The van der Waals surface area contributed by atoms with E-state index in [1.807, 2.05) is 177 Å².